The molecule has 1 N–H and O–H groups in total. The second kappa shape index (κ2) is 8.19. The highest BCUT2D eigenvalue weighted by molar-refractivity contribution is 7.84. The van der Waals surface area contributed by atoms with Crippen LogP contribution in [0.1, 0.15) is 26.3 Å². The zero-order chi connectivity index (χ0) is 16.8. The van der Waals surface area contributed by atoms with Gasteiger partial charge in [0.1, 0.15) is 0 Å². The first-order chi connectivity index (χ1) is 10.3. The zero-order valence-corrected chi connectivity index (χ0v) is 14.9. The third-order valence-electron chi connectivity index (χ3n) is 2.89. The molecule has 0 unspecified atom stereocenters. The van der Waals surface area contributed by atoms with Crippen molar-refractivity contribution in [1.82, 2.24) is 4.72 Å². The lowest BCUT2D eigenvalue weighted by atomic mass is 10.1. The maximum absolute atomic E-state index is 11.9. The number of hydrogen-bond donors (Lipinski definition) is 1. The Labute approximate surface area is 135 Å². The highest BCUT2D eigenvalue weighted by Gasteiger charge is 2.18. The summed E-state index contributed by atoms with van der Waals surface area (Å²) in [6, 6.07) is 3.72. The van der Waals surface area contributed by atoms with Crippen molar-refractivity contribution in [3.63, 3.8) is 0 Å². The number of hydrogen-bond acceptors (Lipinski definition) is 4. The van der Waals surface area contributed by atoms with E-state index in [-0.39, 0.29) is 4.75 Å². The Kier molecular flexibility index (Phi) is 6.90. The van der Waals surface area contributed by atoms with Crippen LogP contribution in [0.5, 0.6) is 17.2 Å². The van der Waals surface area contributed by atoms with E-state index in [1.807, 2.05) is 45.1 Å². The Bertz CT molecular complexity index is 525. The average Bonchev–Trinajstić information content (AvgIpc) is 2.49. The quantitative estimate of drug-likeness (QED) is 0.837. The molecule has 0 spiro atoms. The summed E-state index contributed by atoms with van der Waals surface area (Å²) in [7, 11) is 3.65. The van der Waals surface area contributed by atoms with E-state index in [2.05, 4.69) is 4.72 Å². The summed E-state index contributed by atoms with van der Waals surface area (Å²) in [6.07, 6.45) is 3.82. The van der Waals surface area contributed by atoms with Crippen LogP contribution >= 0.6 is 0 Å². The normalized spacial score (nSPS) is 13.2. The fraction of sp³-hybridized carbons (Fsp3) is 0.500. The van der Waals surface area contributed by atoms with Crippen molar-refractivity contribution in [2.45, 2.75) is 25.5 Å². The molecule has 1 atom stereocenters. The zero-order valence-electron chi connectivity index (χ0n) is 14.1. The first-order valence-electron chi connectivity index (χ1n) is 6.95. The van der Waals surface area contributed by atoms with Gasteiger partial charge in [-0.1, -0.05) is 12.2 Å². The van der Waals surface area contributed by atoms with Gasteiger partial charge in [0.2, 0.25) is 5.75 Å². The van der Waals surface area contributed by atoms with Gasteiger partial charge in [0, 0.05) is 6.54 Å². The van der Waals surface area contributed by atoms with E-state index in [0.29, 0.717) is 23.8 Å². The van der Waals surface area contributed by atoms with Gasteiger partial charge in [-0.25, -0.2) is 8.93 Å². The number of ether oxygens (including phenoxy) is 3. The predicted octanol–water partition coefficient (Wildman–Crippen LogP) is 2.78. The molecule has 0 bridgehead atoms. The molecular formula is C16H25NO4S. The molecule has 0 aromatic heterocycles. The van der Waals surface area contributed by atoms with Crippen molar-refractivity contribution in [1.29, 1.82) is 0 Å². The molecule has 1 aromatic rings. The lowest BCUT2D eigenvalue weighted by molar-refractivity contribution is 0.324. The van der Waals surface area contributed by atoms with Crippen LogP contribution in [-0.2, 0) is 11.0 Å². The monoisotopic (exact) mass is 327 g/mol. The Morgan fingerprint density at radius 3 is 2.05 bits per heavy atom. The highest BCUT2D eigenvalue weighted by atomic mass is 32.2. The van der Waals surface area contributed by atoms with E-state index in [9.17, 15) is 4.21 Å². The minimum Gasteiger partial charge on any atom is -0.493 e. The molecule has 0 fully saturated rings. The molecule has 0 aliphatic rings. The van der Waals surface area contributed by atoms with Crippen LogP contribution in [0.3, 0.4) is 0 Å². The predicted molar refractivity (Wildman–Crippen MR) is 91.0 cm³/mol. The molecule has 0 amide bonds. The molecule has 0 saturated heterocycles. The molecule has 6 heteroatoms. The maximum Gasteiger partial charge on any atom is 0.203 e. The molecule has 0 heterocycles. The van der Waals surface area contributed by atoms with Crippen LogP contribution in [0, 0.1) is 0 Å². The van der Waals surface area contributed by atoms with Gasteiger partial charge in [0.25, 0.3) is 0 Å². The summed E-state index contributed by atoms with van der Waals surface area (Å²) >= 11 is 0. The lowest BCUT2D eigenvalue weighted by Gasteiger charge is -2.17. The van der Waals surface area contributed by atoms with Gasteiger partial charge in [0.15, 0.2) is 11.5 Å². The van der Waals surface area contributed by atoms with Gasteiger partial charge in [-0.2, -0.15) is 0 Å². The van der Waals surface area contributed by atoms with Gasteiger partial charge >= 0.3 is 0 Å². The van der Waals surface area contributed by atoms with Crippen LogP contribution in [-0.4, -0.2) is 36.8 Å². The first kappa shape index (κ1) is 18.5. The minimum absolute atomic E-state index is 0.277. The number of benzene rings is 1. The summed E-state index contributed by atoms with van der Waals surface area (Å²) in [6.45, 7) is 6.30. The Balaban J connectivity index is 2.81. The van der Waals surface area contributed by atoms with E-state index < -0.39 is 11.0 Å². The van der Waals surface area contributed by atoms with E-state index >= 15 is 0 Å². The molecule has 0 aliphatic carbocycles. The first-order valence-corrected chi connectivity index (χ1v) is 8.10. The van der Waals surface area contributed by atoms with Crippen molar-refractivity contribution < 1.29 is 18.4 Å². The summed E-state index contributed by atoms with van der Waals surface area (Å²) in [5, 5.41) is 0. The highest BCUT2D eigenvalue weighted by Crippen LogP contribution is 2.38. The molecule has 22 heavy (non-hydrogen) atoms. The van der Waals surface area contributed by atoms with Gasteiger partial charge in [-0.3, -0.25) is 0 Å². The summed E-state index contributed by atoms with van der Waals surface area (Å²) in [5.41, 5.74) is 0.915. The SMILES string of the molecule is COc1cc(/C=C/CN[S@](=O)C(C)(C)C)cc(OC)c1OC. The molecule has 0 saturated carbocycles. The van der Waals surface area contributed by atoms with Crippen LogP contribution in [0.4, 0.5) is 0 Å². The topological polar surface area (TPSA) is 56.8 Å². The number of nitrogens with one attached hydrogen (secondary N) is 1. The molecule has 0 aliphatic heterocycles. The molecule has 1 rings (SSSR count). The van der Waals surface area contributed by atoms with E-state index in [1.54, 1.807) is 21.3 Å². The second-order valence-corrected chi connectivity index (χ2v) is 7.64. The van der Waals surface area contributed by atoms with Gasteiger partial charge in [-0.05, 0) is 38.5 Å². The van der Waals surface area contributed by atoms with Crippen LogP contribution < -0.4 is 18.9 Å². The number of rotatable bonds is 7. The fourth-order valence-electron chi connectivity index (χ4n) is 1.73. The van der Waals surface area contributed by atoms with Crippen LogP contribution in [0.15, 0.2) is 18.2 Å². The second-order valence-electron chi connectivity index (χ2n) is 5.59. The third-order valence-corrected chi connectivity index (χ3v) is 4.43. The van der Waals surface area contributed by atoms with Crippen molar-refractivity contribution in [3.05, 3.63) is 23.8 Å². The molecule has 0 radical (unpaired) electrons. The molecule has 1 aromatic carbocycles. The van der Waals surface area contributed by atoms with Gasteiger partial charge in [-0.15, -0.1) is 0 Å². The van der Waals surface area contributed by atoms with Gasteiger partial charge < -0.3 is 14.2 Å². The van der Waals surface area contributed by atoms with Crippen molar-refractivity contribution in [2.24, 2.45) is 0 Å². The molecule has 5 nitrogen and oxygen atoms in total. The fourth-order valence-corrected chi connectivity index (χ4v) is 2.41. The van der Waals surface area contributed by atoms with E-state index in [1.165, 1.54) is 0 Å². The van der Waals surface area contributed by atoms with Crippen molar-refractivity contribution in [3.8, 4) is 17.2 Å². The largest absolute Gasteiger partial charge is 0.493 e. The van der Waals surface area contributed by atoms with E-state index in [0.717, 1.165) is 5.56 Å². The summed E-state index contributed by atoms with van der Waals surface area (Å²) in [4.78, 5) is 0. The van der Waals surface area contributed by atoms with Gasteiger partial charge in [0.05, 0.1) is 37.1 Å². The maximum atomic E-state index is 11.9. The lowest BCUT2D eigenvalue weighted by Crippen LogP contribution is -2.33. The third kappa shape index (κ3) is 5.03. The Hall–Kier alpha value is -1.53. The van der Waals surface area contributed by atoms with Crippen LogP contribution in [0.25, 0.3) is 6.08 Å². The molecule has 124 valence electrons. The summed E-state index contributed by atoms with van der Waals surface area (Å²) in [5.74, 6) is 1.77. The van der Waals surface area contributed by atoms with E-state index in [4.69, 9.17) is 14.2 Å². The van der Waals surface area contributed by atoms with Crippen molar-refractivity contribution >= 4 is 17.1 Å². The minimum atomic E-state index is -1.08. The standard InChI is InChI=1S/C16H25NO4S/c1-16(2,3)22(18)17-9-7-8-12-10-13(19-4)15(21-6)14(11-12)20-5/h7-8,10-11,17H,9H2,1-6H3/b8-7+/t22-/m1/s1. The number of methoxy groups -OCH3 is 3. The van der Waals surface area contributed by atoms with Crippen molar-refractivity contribution in [2.75, 3.05) is 27.9 Å². The molecular weight excluding hydrogens is 302 g/mol. The Morgan fingerprint density at radius 1 is 1.09 bits per heavy atom. The summed E-state index contributed by atoms with van der Waals surface area (Å²) < 4.78 is 30.5. The smallest absolute Gasteiger partial charge is 0.203 e. The Morgan fingerprint density at radius 2 is 1.64 bits per heavy atom. The van der Waals surface area contributed by atoms with Crippen LogP contribution in [0.2, 0.25) is 0 Å². The average molecular weight is 327 g/mol.